The van der Waals surface area contributed by atoms with Gasteiger partial charge in [-0.25, -0.2) is 4.98 Å². The number of aromatic nitrogens is 4. The van der Waals surface area contributed by atoms with Crippen molar-refractivity contribution in [3.8, 4) is 11.8 Å². The fourth-order valence-electron chi connectivity index (χ4n) is 2.23. The van der Waals surface area contributed by atoms with Gasteiger partial charge in [-0.1, -0.05) is 0 Å². The maximum absolute atomic E-state index is 9.06. The second kappa shape index (κ2) is 4.66. The van der Waals surface area contributed by atoms with Crippen molar-refractivity contribution in [2.45, 2.75) is 12.3 Å². The molecule has 0 spiro atoms. The zero-order valence-corrected chi connectivity index (χ0v) is 11.8. The van der Waals surface area contributed by atoms with E-state index >= 15 is 0 Å². The monoisotopic (exact) mass is 285 g/mol. The van der Waals surface area contributed by atoms with Crippen molar-refractivity contribution in [3.05, 3.63) is 42.0 Å². The summed E-state index contributed by atoms with van der Waals surface area (Å²) in [7, 11) is 1.85. The maximum atomic E-state index is 9.06. The summed E-state index contributed by atoms with van der Waals surface area (Å²) in [6.45, 7) is 1.88. The van der Waals surface area contributed by atoms with Gasteiger partial charge in [-0.3, -0.25) is 9.25 Å². The molecule has 3 rings (SSSR count). The van der Waals surface area contributed by atoms with E-state index in [-0.39, 0.29) is 5.38 Å². The molecule has 100 valence electrons. The third-order valence-electron chi connectivity index (χ3n) is 3.11. The van der Waals surface area contributed by atoms with Crippen LogP contribution in [0.5, 0.6) is 0 Å². The lowest BCUT2D eigenvalue weighted by Gasteiger charge is -2.07. The first-order chi connectivity index (χ1) is 9.60. The molecule has 0 amide bonds. The first-order valence-electron chi connectivity index (χ1n) is 6.15. The van der Waals surface area contributed by atoms with Crippen LogP contribution in [0, 0.1) is 11.3 Å². The SMILES string of the molecule is CC(Cl)c1nc2ccc(C#N)cc2n1-c1cnn(C)c1. The lowest BCUT2D eigenvalue weighted by atomic mass is 10.2. The fraction of sp³-hybridized carbons (Fsp3) is 0.214. The first-order valence-corrected chi connectivity index (χ1v) is 6.59. The molecule has 6 heteroatoms. The normalized spacial score (nSPS) is 12.5. The van der Waals surface area contributed by atoms with Crippen LogP contribution < -0.4 is 0 Å². The van der Waals surface area contributed by atoms with Crippen LogP contribution in [0.25, 0.3) is 16.7 Å². The van der Waals surface area contributed by atoms with Crippen molar-refractivity contribution in [3.63, 3.8) is 0 Å². The van der Waals surface area contributed by atoms with Crippen molar-refractivity contribution >= 4 is 22.6 Å². The molecule has 20 heavy (non-hydrogen) atoms. The molecule has 5 nitrogen and oxygen atoms in total. The highest BCUT2D eigenvalue weighted by Crippen LogP contribution is 2.28. The van der Waals surface area contributed by atoms with Gasteiger partial charge in [-0.2, -0.15) is 10.4 Å². The summed E-state index contributed by atoms with van der Waals surface area (Å²) in [4.78, 5) is 4.56. The number of nitriles is 1. The molecule has 0 aliphatic rings. The van der Waals surface area contributed by atoms with Gasteiger partial charge in [-0.15, -0.1) is 11.6 Å². The Kier molecular flexibility index (Phi) is 2.96. The second-order valence-corrected chi connectivity index (χ2v) is 5.26. The second-order valence-electron chi connectivity index (χ2n) is 4.61. The van der Waals surface area contributed by atoms with Crippen molar-refractivity contribution in [2.24, 2.45) is 7.05 Å². The zero-order chi connectivity index (χ0) is 14.3. The minimum atomic E-state index is -0.242. The van der Waals surface area contributed by atoms with Gasteiger partial charge in [0.1, 0.15) is 5.82 Å². The molecule has 1 aromatic carbocycles. The van der Waals surface area contributed by atoms with Gasteiger partial charge in [0.2, 0.25) is 0 Å². The van der Waals surface area contributed by atoms with Crippen LogP contribution in [0.15, 0.2) is 30.6 Å². The summed E-state index contributed by atoms with van der Waals surface area (Å²) in [5.74, 6) is 0.741. The van der Waals surface area contributed by atoms with E-state index in [1.807, 2.05) is 36.9 Å². The van der Waals surface area contributed by atoms with E-state index in [4.69, 9.17) is 16.9 Å². The minimum Gasteiger partial charge on any atom is -0.292 e. The molecule has 3 aromatic rings. The maximum Gasteiger partial charge on any atom is 0.132 e. The van der Waals surface area contributed by atoms with Crippen LogP contribution in [0.1, 0.15) is 23.7 Å². The van der Waals surface area contributed by atoms with E-state index in [0.717, 1.165) is 22.5 Å². The smallest absolute Gasteiger partial charge is 0.132 e. The number of rotatable bonds is 2. The Labute approximate surface area is 121 Å². The highest BCUT2D eigenvalue weighted by Gasteiger charge is 2.17. The summed E-state index contributed by atoms with van der Waals surface area (Å²) < 4.78 is 3.67. The van der Waals surface area contributed by atoms with Gasteiger partial charge in [0.25, 0.3) is 0 Å². The van der Waals surface area contributed by atoms with E-state index in [1.165, 1.54) is 0 Å². The highest BCUT2D eigenvalue weighted by atomic mass is 35.5. The Hall–Kier alpha value is -2.32. The van der Waals surface area contributed by atoms with Crippen molar-refractivity contribution < 1.29 is 0 Å². The molecule has 0 saturated carbocycles. The predicted molar refractivity (Wildman–Crippen MR) is 76.8 cm³/mol. The number of nitrogens with zero attached hydrogens (tertiary/aromatic N) is 5. The first kappa shape index (κ1) is 12.7. The Morgan fingerprint density at radius 3 is 2.80 bits per heavy atom. The summed E-state index contributed by atoms with van der Waals surface area (Å²) >= 11 is 6.23. The van der Waals surface area contributed by atoms with Crippen LogP contribution in [0.4, 0.5) is 0 Å². The Bertz CT molecular complexity index is 822. The molecule has 0 aliphatic carbocycles. The average Bonchev–Trinajstić information content (AvgIpc) is 3.00. The van der Waals surface area contributed by atoms with E-state index in [9.17, 15) is 0 Å². The fourth-order valence-corrected chi connectivity index (χ4v) is 2.37. The van der Waals surface area contributed by atoms with Gasteiger partial charge in [-0.05, 0) is 25.1 Å². The van der Waals surface area contributed by atoms with Gasteiger partial charge in [0.05, 0.1) is 39.9 Å². The lowest BCUT2D eigenvalue weighted by molar-refractivity contribution is 0.767. The van der Waals surface area contributed by atoms with Crippen LogP contribution >= 0.6 is 11.6 Å². The average molecular weight is 286 g/mol. The third kappa shape index (κ3) is 1.95. The summed E-state index contributed by atoms with van der Waals surface area (Å²) in [5.41, 5.74) is 3.15. The van der Waals surface area contributed by atoms with E-state index < -0.39 is 0 Å². The number of aryl methyl sites for hydroxylation is 1. The quantitative estimate of drug-likeness (QED) is 0.680. The van der Waals surface area contributed by atoms with Gasteiger partial charge in [0.15, 0.2) is 0 Å². The topological polar surface area (TPSA) is 59.4 Å². The van der Waals surface area contributed by atoms with Gasteiger partial charge in [0, 0.05) is 13.2 Å². The number of benzene rings is 1. The van der Waals surface area contributed by atoms with Crippen LogP contribution in [-0.4, -0.2) is 19.3 Å². The number of fused-ring (bicyclic) bond motifs is 1. The minimum absolute atomic E-state index is 0.242. The zero-order valence-electron chi connectivity index (χ0n) is 11.1. The van der Waals surface area contributed by atoms with E-state index in [1.54, 1.807) is 16.9 Å². The number of hydrogen-bond donors (Lipinski definition) is 0. The molecule has 0 fully saturated rings. The molecule has 0 N–H and O–H groups in total. The van der Waals surface area contributed by atoms with Crippen molar-refractivity contribution in [1.82, 2.24) is 19.3 Å². The van der Waals surface area contributed by atoms with Crippen LogP contribution in [0.3, 0.4) is 0 Å². The van der Waals surface area contributed by atoms with Crippen molar-refractivity contribution in [1.29, 1.82) is 5.26 Å². The van der Waals surface area contributed by atoms with Crippen LogP contribution in [-0.2, 0) is 7.05 Å². The highest BCUT2D eigenvalue weighted by molar-refractivity contribution is 6.20. The van der Waals surface area contributed by atoms with Crippen molar-refractivity contribution in [2.75, 3.05) is 0 Å². The van der Waals surface area contributed by atoms with Crippen LogP contribution in [0.2, 0.25) is 0 Å². The standard InChI is InChI=1S/C14H12ClN5/c1-9(15)14-18-12-4-3-10(6-16)5-13(12)20(14)11-7-17-19(2)8-11/h3-5,7-9H,1-2H3. The molecule has 0 saturated heterocycles. The number of halogens is 1. The largest absolute Gasteiger partial charge is 0.292 e. The number of imidazole rings is 1. The molecule has 0 bridgehead atoms. The molecule has 0 radical (unpaired) electrons. The van der Waals surface area contributed by atoms with E-state index in [0.29, 0.717) is 5.56 Å². The third-order valence-corrected chi connectivity index (χ3v) is 3.31. The predicted octanol–water partition coefficient (Wildman–Crippen LogP) is 2.93. The molecular weight excluding hydrogens is 274 g/mol. The Balaban J connectivity index is 2.36. The van der Waals surface area contributed by atoms with Gasteiger partial charge >= 0.3 is 0 Å². The summed E-state index contributed by atoms with van der Waals surface area (Å²) in [5, 5.41) is 13.0. The summed E-state index contributed by atoms with van der Waals surface area (Å²) in [6, 6.07) is 7.56. The molecule has 1 atom stereocenters. The molecule has 2 heterocycles. The molecular formula is C14H12ClN5. The number of alkyl halides is 1. The van der Waals surface area contributed by atoms with E-state index in [2.05, 4.69) is 16.2 Å². The Morgan fingerprint density at radius 2 is 2.20 bits per heavy atom. The summed E-state index contributed by atoms with van der Waals surface area (Å²) in [6.07, 6.45) is 3.64. The molecule has 1 unspecified atom stereocenters. The van der Waals surface area contributed by atoms with Gasteiger partial charge < -0.3 is 0 Å². The lowest BCUT2D eigenvalue weighted by Crippen LogP contribution is -2.01. The number of hydrogen-bond acceptors (Lipinski definition) is 3. The Morgan fingerprint density at radius 1 is 1.40 bits per heavy atom. The molecule has 2 aromatic heterocycles. The molecule has 0 aliphatic heterocycles.